The van der Waals surface area contributed by atoms with Crippen molar-refractivity contribution in [3.8, 4) is 11.1 Å². The number of pyridine rings is 2. The third-order valence-corrected chi connectivity index (χ3v) is 4.65. The number of fused-ring (bicyclic) bond motifs is 2. The molecule has 7 nitrogen and oxygen atoms in total. The Hall–Kier alpha value is -3.74. The lowest BCUT2D eigenvalue weighted by Crippen LogP contribution is -2.11. The highest BCUT2D eigenvalue weighted by molar-refractivity contribution is 6.13. The number of carbonyl (C=O) groups excluding carboxylic acids is 1. The summed E-state index contributed by atoms with van der Waals surface area (Å²) in [6, 6.07) is 8.84. The molecule has 0 radical (unpaired) electrons. The molecule has 4 heterocycles. The van der Waals surface area contributed by atoms with Crippen LogP contribution in [0.1, 0.15) is 16.1 Å². The summed E-state index contributed by atoms with van der Waals surface area (Å²) in [5.41, 5.74) is 10.0. The second kappa shape index (κ2) is 4.89. The van der Waals surface area contributed by atoms with E-state index in [1.165, 1.54) is 0 Å². The minimum Gasteiger partial charge on any atom is -0.366 e. The molecule has 7 heteroatoms. The van der Waals surface area contributed by atoms with Gasteiger partial charge in [0.25, 0.3) is 0 Å². The Bertz CT molecular complexity index is 1400. The Kier molecular flexibility index (Phi) is 2.74. The molecule has 0 saturated carbocycles. The Morgan fingerprint density at radius 2 is 2.12 bits per heavy atom. The summed E-state index contributed by atoms with van der Waals surface area (Å²) in [6.45, 7) is 1.85. The van der Waals surface area contributed by atoms with Crippen LogP contribution in [0.2, 0.25) is 0 Å². The summed E-state index contributed by atoms with van der Waals surface area (Å²) >= 11 is 0. The summed E-state index contributed by atoms with van der Waals surface area (Å²) in [7, 11) is 0. The molecule has 0 saturated heterocycles. The van der Waals surface area contributed by atoms with Crippen LogP contribution in [0.15, 0.2) is 47.5 Å². The van der Waals surface area contributed by atoms with Crippen LogP contribution in [0.3, 0.4) is 0 Å². The highest BCUT2D eigenvalue weighted by atomic mass is 16.1. The van der Waals surface area contributed by atoms with Crippen LogP contribution >= 0.6 is 0 Å². The highest BCUT2D eigenvalue weighted by Crippen LogP contribution is 2.33. The molecule has 26 heavy (non-hydrogen) atoms. The number of amides is 1. The average molecular weight is 343 g/mol. The van der Waals surface area contributed by atoms with Gasteiger partial charge in [-0.1, -0.05) is 12.1 Å². The average Bonchev–Trinajstić information content (AvgIpc) is 3.24. The lowest BCUT2D eigenvalue weighted by Gasteiger charge is -2.10. The summed E-state index contributed by atoms with van der Waals surface area (Å²) in [4.78, 5) is 31.8. The SMILES string of the molecule is Cc1cc2c(=O)c3cnc4[nH]cc(-c5cccc(C(N)=O)c5)c(c43)n2n1. The van der Waals surface area contributed by atoms with E-state index in [2.05, 4.69) is 15.1 Å². The number of nitrogens with zero attached hydrogens (tertiary/aromatic N) is 3. The van der Waals surface area contributed by atoms with E-state index in [0.717, 1.165) is 27.7 Å². The maximum atomic E-state index is 12.8. The van der Waals surface area contributed by atoms with Gasteiger partial charge >= 0.3 is 0 Å². The number of aromatic amines is 1. The van der Waals surface area contributed by atoms with Gasteiger partial charge in [0, 0.05) is 23.5 Å². The van der Waals surface area contributed by atoms with Gasteiger partial charge in [0.05, 0.1) is 22.0 Å². The molecular formula is C19H13N5O2. The first-order valence-corrected chi connectivity index (χ1v) is 8.06. The van der Waals surface area contributed by atoms with Crippen LogP contribution in [0.5, 0.6) is 0 Å². The Balaban J connectivity index is 2.00. The summed E-state index contributed by atoms with van der Waals surface area (Å²) in [5.74, 6) is -0.494. The second-order valence-electron chi connectivity index (χ2n) is 6.30. The fourth-order valence-electron chi connectivity index (χ4n) is 3.50. The van der Waals surface area contributed by atoms with Crippen molar-refractivity contribution in [3.63, 3.8) is 0 Å². The lowest BCUT2D eigenvalue weighted by molar-refractivity contribution is 0.100. The first kappa shape index (κ1) is 14.6. The van der Waals surface area contributed by atoms with Crippen molar-refractivity contribution in [2.45, 2.75) is 6.92 Å². The number of rotatable bonds is 2. The van der Waals surface area contributed by atoms with Crippen LogP contribution in [-0.4, -0.2) is 25.5 Å². The van der Waals surface area contributed by atoms with E-state index in [1.54, 1.807) is 35.0 Å². The van der Waals surface area contributed by atoms with Crippen molar-refractivity contribution in [3.05, 3.63) is 64.2 Å². The largest absolute Gasteiger partial charge is 0.366 e. The van der Waals surface area contributed by atoms with Crippen molar-refractivity contribution in [1.82, 2.24) is 19.6 Å². The predicted molar refractivity (Wildman–Crippen MR) is 98.5 cm³/mol. The number of carbonyl (C=O) groups is 1. The van der Waals surface area contributed by atoms with Crippen molar-refractivity contribution < 1.29 is 4.79 Å². The minimum atomic E-state index is -0.494. The van der Waals surface area contributed by atoms with E-state index in [0.29, 0.717) is 22.1 Å². The van der Waals surface area contributed by atoms with Gasteiger partial charge in [-0.2, -0.15) is 5.10 Å². The first-order chi connectivity index (χ1) is 12.5. The fourth-order valence-corrected chi connectivity index (χ4v) is 3.50. The van der Waals surface area contributed by atoms with Gasteiger partial charge in [0.15, 0.2) is 0 Å². The summed E-state index contributed by atoms with van der Waals surface area (Å²) in [6.07, 6.45) is 3.40. The van der Waals surface area contributed by atoms with E-state index >= 15 is 0 Å². The third kappa shape index (κ3) is 1.82. The molecule has 0 aliphatic rings. The number of nitrogens with two attached hydrogens (primary N) is 1. The summed E-state index contributed by atoms with van der Waals surface area (Å²) in [5, 5.41) is 5.79. The number of aryl methyl sites for hydroxylation is 1. The quantitative estimate of drug-likeness (QED) is 0.512. The van der Waals surface area contributed by atoms with Crippen LogP contribution in [0.25, 0.3) is 38.6 Å². The number of benzene rings is 1. The van der Waals surface area contributed by atoms with Gasteiger partial charge in [-0.3, -0.25) is 9.59 Å². The van der Waals surface area contributed by atoms with Gasteiger partial charge in [-0.25, -0.2) is 9.50 Å². The van der Waals surface area contributed by atoms with E-state index in [1.807, 2.05) is 19.2 Å². The maximum Gasteiger partial charge on any atom is 0.248 e. The zero-order chi connectivity index (χ0) is 18.0. The van der Waals surface area contributed by atoms with Crippen LogP contribution in [-0.2, 0) is 0 Å². The number of H-pyrrole nitrogens is 1. The topological polar surface area (TPSA) is 106 Å². The molecular weight excluding hydrogens is 330 g/mol. The smallest absolute Gasteiger partial charge is 0.248 e. The van der Waals surface area contributed by atoms with Gasteiger partial charge < -0.3 is 10.7 Å². The molecule has 4 aromatic heterocycles. The molecule has 0 unspecified atom stereocenters. The molecule has 0 atom stereocenters. The van der Waals surface area contributed by atoms with Crippen molar-refractivity contribution >= 4 is 33.4 Å². The number of primary amides is 1. The zero-order valence-electron chi connectivity index (χ0n) is 13.8. The molecule has 0 bridgehead atoms. The molecule has 5 aromatic rings. The van der Waals surface area contributed by atoms with Gasteiger partial charge in [0.2, 0.25) is 11.3 Å². The van der Waals surface area contributed by atoms with Crippen LogP contribution in [0.4, 0.5) is 0 Å². The van der Waals surface area contributed by atoms with E-state index in [9.17, 15) is 9.59 Å². The molecule has 0 aliphatic heterocycles. The lowest BCUT2D eigenvalue weighted by atomic mass is 10.0. The monoisotopic (exact) mass is 343 g/mol. The highest BCUT2D eigenvalue weighted by Gasteiger charge is 2.19. The van der Waals surface area contributed by atoms with Gasteiger partial charge in [-0.15, -0.1) is 0 Å². The maximum absolute atomic E-state index is 12.8. The Labute approximate surface area is 146 Å². The van der Waals surface area contributed by atoms with Crippen molar-refractivity contribution in [1.29, 1.82) is 0 Å². The molecule has 5 rings (SSSR count). The number of nitrogens with one attached hydrogen (secondary N) is 1. The molecule has 0 aliphatic carbocycles. The van der Waals surface area contributed by atoms with Gasteiger partial charge in [-0.05, 0) is 30.7 Å². The number of hydrogen-bond donors (Lipinski definition) is 2. The minimum absolute atomic E-state index is 0.1000. The molecule has 1 aromatic carbocycles. The van der Waals surface area contributed by atoms with Crippen LogP contribution < -0.4 is 11.2 Å². The Morgan fingerprint density at radius 1 is 1.27 bits per heavy atom. The van der Waals surface area contributed by atoms with Crippen molar-refractivity contribution in [2.24, 2.45) is 5.73 Å². The molecule has 1 amide bonds. The number of aromatic nitrogens is 4. The molecule has 0 spiro atoms. The normalized spacial score (nSPS) is 11.7. The second-order valence-corrected chi connectivity index (χ2v) is 6.30. The first-order valence-electron chi connectivity index (χ1n) is 8.06. The van der Waals surface area contributed by atoms with Crippen molar-refractivity contribution in [2.75, 3.05) is 0 Å². The Morgan fingerprint density at radius 3 is 2.92 bits per heavy atom. The van der Waals surface area contributed by atoms with E-state index in [-0.39, 0.29) is 5.43 Å². The van der Waals surface area contributed by atoms with Gasteiger partial charge in [0.1, 0.15) is 11.2 Å². The van der Waals surface area contributed by atoms with E-state index < -0.39 is 5.91 Å². The third-order valence-electron chi connectivity index (χ3n) is 4.65. The standard InChI is InChI=1S/C19H13N5O2/c1-9-5-14-17(25)13-8-22-19-15(13)16(24(14)23-9)12(7-21-19)10-3-2-4-11(6-10)18(20)26/h2-8H,1H3,(H2,20,26)(H,21,22). The van der Waals surface area contributed by atoms with E-state index in [4.69, 9.17) is 5.73 Å². The van der Waals surface area contributed by atoms with Crippen LogP contribution in [0, 0.1) is 6.92 Å². The number of hydrogen-bond acceptors (Lipinski definition) is 4. The molecule has 126 valence electrons. The fraction of sp³-hybridized carbons (Fsp3) is 0.0526. The molecule has 3 N–H and O–H groups in total. The predicted octanol–water partition coefficient (Wildman–Crippen LogP) is 2.24. The molecule has 0 fully saturated rings. The summed E-state index contributed by atoms with van der Waals surface area (Å²) < 4.78 is 1.66. The zero-order valence-corrected chi connectivity index (χ0v) is 13.8.